The van der Waals surface area contributed by atoms with E-state index in [0.29, 0.717) is 23.2 Å². The summed E-state index contributed by atoms with van der Waals surface area (Å²) in [6.07, 6.45) is 0.884. The van der Waals surface area contributed by atoms with Gasteiger partial charge in [-0.15, -0.1) is 0 Å². The van der Waals surface area contributed by atoms with Crippen LogP contribution in [0.25, 0.3) is 0 Å². The van der Waals surface area contributed by atoms with Crippen LogP contribution in [-0.4, -0.2) is 19.8 Å². The Morgan fingerprint density at radius 3 is 2.24 bits per heavy atom. The van der Waals surface area contributed by atoms with Crippen molar-refractivity contribution in [3.05, 3.63) is 93.5 Å². The first-order valence-electron chi connectivity index (χ1n) is 9.63. The molecule has 152 valence electrons. The third-order valence-electron chi connectivity index (χ3n) is 4.72. The van der Waals surface area contributed by atoms with Crippen LogP contribution in [0.3, 0.4) is 0 Å². The molecule has 0 heterocycles. The van der Waals surface area contributed by atoms with Gasteiger partial charge in [-0.05, 0) is 48.7 Å². The van der Waals surface area contributed by atoms with Crippen LogP contribution in [0.15, 0.2) is 66.7 Å². The molecule has 0 saturated carbocycles. The second-order valence-electron chi connectivity index (χ2n) is 7.13. The predicted molar refractivity (Wildman–Crippen MR) is 124 cm³/mol. The van der Waals surface area contributed by atoms with Gasteiger partial charge in [0.05, 0.1) is 34.1 Å². The molecule has 29 heavy (non-hydrogen) atoms. The molecule has 3 aromatic carbocycles. The molecule has 0 fully saturated rings. The second-order valence-corrected chi connectivity index (χ2v) is 7.95. The van der Waals surface area contributed by atoms with E-state index in [1.807, 2.05) is 30.3 Å². The van der Waals surface area contributed by atoms with Crippen LogP contribution in [0.4, 0.5) is 11.4 Å². The molecule has 0 aliphatic rings. The Bertz CT molecular complexity index is 928. The Kier molecular flexibility index (Phi) is 7.82. The molecular formula is C24H26Cl2N2O. The minimum Gasteiger partial charge on any atom is -0.383 e. The van der Waals surface area contributed by atoms with E-state index in [4.69, 9.17) is 27.9 Å². The van der Waals surface area contributed by atoms with Crippen LogP contribution in [0.1, 0.15) is 16.7 Å². The van der Waals surface area contributed by atoms with E-state index >= 15 is 0 Å². The van der Waals surface area contributed by atoms with Gasteiger partial charge >= 0.3 is 0 Å². The standard InChI is InChI=1S/C24H26Cl2N2O/c1-17-7-9-18(10-8-17)13-20(16-29-2)28-24-6-4-3-5-23(24)27-15-19-11-12-21(25)22(26)14-19/h3-12,14,20,27-28H,13,15-16H2,1-2H3. The van der Waals surface area contributed by atoms with Crippen LogP contribution in [-0.2, 0) is 17.7 Å². The topological polar surface area (TPSA) is 33.3 Å². The summed E-state index contributed by atoms with van der Waals surface area (Å²) in [6, 6.07) is 22.7. The highest BCUT2D eigenvalue weighted by Gasteiger charge is 2.12. The Labute approximate surface area is 183 Å². The van der Waals surface area contributed by atoms with Gasteiger partial charge in [-0.3, -0.25) is 0 Å². The van der Waals surface area contributed by atoms with Gasteiger partial charge < -0.3 is 15.4 Å². The molecule has 3 aromatic rings. The number of benzene rings is 3. The van der Waals surface area contributed by atoms with Crippen molar-refractivity contribution in [3.8, 4) is 0 Å². The molecule has 0 bridgehead atoms. The van der Waals surface area contributed by atoms with Gasteiger partial charge in [0, 0.05) is 13.7 Å². The Hall–Kier alpha value is -2.20. The average molecular weight is 429 g/mol. The van der Waals surface area contributed by atoms with Crippen molar-refractivity contribution >= 4 is 34.6 Å². The predicted octanol–water partition coefficient (Wildman–Crippen LogP) is 6.58. The molecule has 0 aliphatic carbocycles. The van der Waals surface area contributed by atoms with E-state index in [2.05, 4.69) is 54.0 Å². The number of methoxy groups -OCH3 is 1. The largest absolute Gasteiger partial charge is 0.383 e. The molecule has 0 amide bonds. The first-order valence-corrected chi connectivity index (χ1v) is 10.4. The average Bonchev–Trinajstić information content (AvgIpc) is 2.72. The quantitative estimate of drug-likeness (QED) is 0.403. The minimum absolute atomic E-state index is 0.163. The third-order valence-corrected chi connectivity index (χ3v) is 5.46. The van der Waals surface area contributed by atoms with Crippen molar-refractivity contribution in [2.45, 2.75) is 25.9 Å². The SMILES string of the molecule is COCC(Cc1ccc(C)cc1)Nc1ccccc1NCc1ccc(Cl)c(Cl)c1. The van der Waals surface area contributed by atoms with E-state index in [1.165, 1.54) is 11.1 Å². The summed E-state index contributed by atoms with van der Waals surface area (Å²) in [4.78, 5) is 0. The fourth-order valence-electron chi connectivity index (χ4n) is 3.19. The van der Waals surface area contributed by atoms with Crippen molar-refractivity contribution in [3.63, 3.8) is 0 Å². The second kappa shape index (κ2) is 10.5. The summed E-state index contributed by atoms with van der Waals surface area (Å²) in [5.74, 6) is 0. The van der Waals surface area contributed by atoms with Crippen molar-refractivity contribution in [2.75, 3.05) is 24.4 Å². The molecule has 0 spiro atoms. The van der Waals surface area contributed by atoms with Crippen LogP contribution in [0.2, 0.25) is 10.0 Å². The zero-order chi connectivity index (χ0) is 20.6. The normalized spacial score (nSPS) is 11.9. The minimum atomic E-state index is 0.163. The van der Waals surface area contributed by atoms with Gasteiger partial charge in [0.1, 0.15) is 0 Å². The maximum absolute atomic E-state index is 6.13. The molecule has 0 aliphatic heterocycles. The molecular weight excluding hydrogens is 403 g/mol. The molecule has 0 radical (unpaired) electrons. The summed E-state index contributed by atoms with van der Waals surface area (Å²) >= 11 is 12.1. The van der Waals surface area contributed by atoms with Gasteiger partial charge in [0.2, 0.25) is 0 Å². The zero-order valence-corrected chi connectivity index (χ0v) is 18.2. The van der Waals surface area contributed by atoms with Crippen LogP contribution in [0.5, 0.6) is 0 Å². The first kappa shape index (κ1) is 21.5. The van der Waals surface area contributed by atoms with Gasteiger partial charge in [-0.1, -0.05) is 71.2 Å². The van der Waals surface area contributed by atoms with Crippen LogP contribution >= 0.6 is 23.2 Å². The van der Waals surface area contributed by atoms with E-state index < -0.39 is 0 Å². The maximum Gasteiger partial charge on any atom is 0.0667 e. The summed E-state index contributed by atoms with van der Waals surface area (Å²) < 4.78 is 5.46. The lowest BCUT2D eigenvalue weighted by Crippen LogP contribution is -2.28. The van der Waals surface area contributed by atoms with E-state index in [-0.39, 0.29) is 6.04 Å². The number of hydrogen-bond acceptors (Lipinski definition) is 3. The Balaban J connectivity index is 1.70. The summed E-state index contributed by atoms with van der Waals surface area (Å²) in [7, 11) is 1.73. The van der Waals surface area contributed by atoms with E-state index in [0.717, 1.165) is 23.4 Å². The molecule has 3 rings (SSSR count). The number of para-hydroxylation sites is 2. The van der Waals surface area contributed by atoms with E-state index in [9.17, 15) is 0 Å². The number of rotatable bonds is 9. The fraction of sp³-hybridized carbons (Fsp3) is 0.250. The molecule has 0 saturated heterocycles. The highest BCUT2D eigenvalue weighted by molar-refractivity contribution is 6.42. The van der Waals surface area contributed by atoms with E-state index in [1.54, 1.807) is 7.11 Å². The van der Waals surface area contributed by atoms with Crippen molar-refractivity contribution in [1.82, 2.24) is 0 Å². The molecule has 1 unspecified atom stereocenters. The number of halogens is 2. The van der Waals surface area contributed by atoms with Crippen LogP contribution in [0, 0.1) is 6.92 Å². The molecule has 3 nitrogen and oxygen atoms in total. The first-order chi connectivity index (χ1) is 14.0. The molecule has 1 atom stereocenters. The Morgan fingerprint density at radius 2 is 1.55 bits per heavy atom. The number of aryl methyl sites for hydroxylation is 1. The van der Waals surface area contributed by atoms with Crippen LogP contribution < -0.4 is 10.6 Å². The number of ether oxygens (including phenoxy) is 1. The molecule has 2 N–H and O–H groups in total. The van der Waals surface area contributed by atoms with Gasteiger partial charge in [0.15, 0.2) is 0 Å². The summed E-state index contributed by atoms with van der Waals surface area (Å²) in [5, 5.41) is 8.25. The zero-order valence-electron chi connectivity index (χ0n) is 16.7. The molecule has 0 aromatic heterocycles. The fourth-order valence-corrected chi connectivity index (χ4v) is 3.51. The number of hydrogen-bond donors (Lipinski definition) is 2. The van der Waals surface area contributed by atoms with Gasteiger partial charge in [-0.25, -0.2) is 0 Å². The van der Waals surface area contributed by atoms with Crippen molar-refractivity contribution in [2.24, 2.45) is 0 Å². The highest BCUT2D eigenvalue weighted by atomic mass is 35.5. The van der Waals surface area contributed by atoms with Gasteiger partial charge in [0.25, 0.3) is 0 Å². The third kappa shape index (κ3) is 6.40. The lowest BCUT2D eigenvalue weighted by Gasteiger charge is -2.22. The van der Waals surface area contributed by atoms with Gasteiger partial charge in [-0.2, -0.15) is 0 Å². The molecule has 5 heteroatoms. The summed E-state index contributed by atoms with van der Waals surface area (Å²) in [5.41, 5.74) is 5.70. The summed E-state index contributed by atoms with van der Waals surface area (Å²) in [6.45, 7) is 3.38. The Morgan fingerprint density at radius 1 is 0.862 bits per heavy atom. The lowest BCUT2D eigenvalue weighted by molar-refractivity contribution is 0.185. The van der Waals surface area contributed by atoms with Crippen molar-refractivity contribution in [1.29, 1.82) is 0 Å². The highest BCUT2D eigenvalue weighted by Crippen LogP contribution is 2.26. The monoisotopic (exact) mass is 428 g/mol. The maximum atomic E-state index is 6.13. The van der Waals surface area contributed by atoms with Crippen molar-refractivity contribution < 1.29 is 4.74 Å². The smallest absolute Gasteiger partial charge is 0.0667 e. The number of anilines is 2. The lowest BCUT2D eigenvalue weighted by atomic mass is 10.0. The number of nitrogens with one attached hydrogen (secondary N) is 2.